The molecule has 0 amide bonds. The van der Waals surface area contributed by atoms with Crippen LogP contribution in [-0.4, -0.2) is 33.8 Å². The lowest BCUT2D eigenvalue weighted by Crippen LogP contribution is -2.25. The molecule has 3 aromatic carbocycles. The van der Waals surface area contributed by atoms with Crippen LogP contribution in [0.3, 0.4) is 0 Å². The number of aromatic carboxylic acids is 1. The fraction of sp³-hybridized carbons (Fsp3) is 0.333. The topological polar surface area (TPSA) is 85.6 Å². The number of rotatable bonds is 12. The van der Waals surface area contributed by atoms with Crippen LogP contribution in [0.4, 0.5) is 0 Å². The summed E-state index contributed by atoms with van der Waals surface area (Å²) in [5, 5.41) is 13.0. The molecule has 0 bridgehead atoms. The van der Waals surface area contributed by atoms with Crippen LogP contribution in [0.5, 0.6) is 11.5 Å². The lowest BCUT2D eigenvalue weighted by Gasteiger charge is -2.24. The van der Waals surface area contributed by atoms with Gasteiger partial charge in [-0.05, 0) is 48.2 Å². The first kappa shape index (κ1) is 27.5. The lowest BCUT2D eigenvalue weighted by molar-refractivity contribution is 0.0697. The summed E-state index contributed by atoms with van der Waals surface area (Å²) in [6, 6.07) is 23.6. The van der Waals surface area contributed by atoms with E-state index in [1.54, 1.807) is 12.1 Å². The Balaban J connectivity index is 1.51. The van der Waals surface area contributed by atoms with E-state index in [1.165, 1.54) is 5.69 Å². The number of carboxylic acid groups (broad SMARTS) is 1. The van der Waals surface area contributed by atoms with Gasteiger partial charge in [0.05, 0.1) is 11.3 Å². The Labute approximate surface area is 235 Å². The highest BCUT2D eigenvalue weighted by Crippen LogP contribution is 2.35. The first-order chi connectivity index (χ1) is 19.6. The third-order valence-electron chi connectivity index (χ3n) is 7.38. The SMILES string of the molecule is CCCCn1c(-c2ccccc2)nc(CC)c1CC(NCc1ccc(C(=O)O)cc1)c1ccc2c(c1)OCCO2. The molecule has 1 unspecified atom stereocenters. The van der Waals surface area contributed by atoms with Crippen molar-refractivity contribution < 1.29 is 19.4 Å². The number of aromatic nitrogens is 2. The van der Waals surface area contributed by atoms with Crippen LogP contribution >= 0.6 is 0 Å². The first-order valence-electron chi connectivity index (χ1n) is 14.2. The predicted molar refractivity (Wildman–Crippen MR) is 156 cm³/mol. The van der Waals surface area contributed by atoms with Gasteiger partial charge in [-0.2, -0.15) is 0 Å². The molecule has 0 spiro atoms. The quantitative estimate of drug-likeness (QED) is 0.215. The molecule has 7 heteroatoms. The monoisotopic (exact) mass is 539 g/mol. The molecule has 0 aliphatic carbocycles. The van der Waals surface area contributed by atoms with Crippen LogP contribution in [0, 0.1) is 0 Å². The van der Waals surface area contributed by atoms with Crippen LogP contribution in [-0.2, 0) is 25.9 Å². The van der Waals surface area contributed by atoms with Gasteiger partial charge in [0.25, 0.3) is 0 Å². The smallest absolute Gasteiger partial charge is 0.335 e. The van der Waals surface area contributed by atoms with Crippen molar-refractivity contribution in [3.8, 4) is 22.9 Å². The fourth-order valence-electron chi connectivity index (χ4n) is 5.20. The zero-order valence-electron chi connectivity index (χ0n) is 23.2. The molecular formula is C33H37N3O4. The van der Waals surface area contributed by atoms with Crippen LogP contribution in [0.2, 0.25) is 0 Å². The maximum absolute atomic E-state index is 11.3. The second-order valence-electron chi connectivity index (χ2n) is 10.1. The Morgan fingerprint density at radius 2 is 1.75 bits per heavy atom. The minimum absolute atomic E-state index is 0.0269. The third-order valence-corrected chi connectivity index (χ3v) is 7.38. The standard InChI is InChI=1S/C33H37N3O4/c1-3-5-17-36-29(27(4-2)35-32(36)24-9-7-6-8-10-24)21-28(26-15-16-30-31(20-26)40-19-18-39-30)34-22-23-11-13-25(14-12-23)33(37)38/h6-16,20,28,34H,3-5,17-19,21-22H2,1-2H3,(H,37,38). The highest BCUT2D eigenvalue weighted by molar-refractivity contribution is 5.87. The molecule has 2 N–H and O–H groups in total. The van der Waals surface area contributed by atoms with Crippen LogP contribution in [0.15, 0.2) is 72.8 Å². The van der Waals surface area contributed by atoms with Gasteiger partial charge < -0.3 is 24.5 Å². The molecule has 1 aromatic heterocycles. The van der Waals surface area contributed by atoms with Gasteiger partial charge in [-0.25, -0.2) is 9.78 Å². The zero-order valence-corrected chi connectivity index (χ0v) is 23.2. The van der Waals surface area contributed by atoms with Crippen molar-refractivity contribution in [3.63, 3.8) is 0 Å². The third kappa shape index (κ3) is 6.20. The van der Waals surface area contributed by atoms with E-state index in [2.05, 4.69) is 60.1 Å². The number of nitrogens with zero attached hydrogens (tertiary/aromatic N) is 2. The molecule has 7 nitrogen and oxygen atoms in total. The summed E-state index contributed by atoms with van der Waals surface area (Å²) < 4.78 is 14.1. The summed E-state index contributed by atoms with van der Waals surface area (Å²) in [4.78, 5) is 16.5. The van der Waals surface area contributed by atoms with Crippen molar-refractivity contribution >= 4 is 5.97 Å². The van der Waals surface area contributed by atoms with Crippen LogP contribution < -0.4 is 14.8 Å². The molecule has 0 saturated heterocycles. The summed E-state index contributed by atoms with van der Waals surface area (Å²) in [6.07, 6.45) is 3.77. The highest BCUT2D eigenvalue weighted by atomic mass is 16.6. The van der Waals surface area contributed by atoms with E-state index in [4.69, 9.17) is 14.5 Å². The van der Waals surface area contributed by atoms with Gasteiger partial charge in [-0.1, -0.05) is 68.8 Å². The summed E-state index contributed by atoms with van der Waals surface area (Å²) in [6.45, 7) is 6.98. The Morgan fingerprint density at radius 1 is 1.00 bits per heavy atom. The van der Waals surface area contributed by atoms with Gasteiger partial charge in [-0.15, -0.1) is 0 Å². The predicted octanol–water partition coefficient (Wildman–Crippen LogP) is 6.46. The normalized spacial score (nSPS) is 13.2. The number of nitrogens with one attached hydrogen (secondary N) is 1. The Kier molecular flexibility index (Phi) is 8.81. The largest absolute Gasteiger partial charge is 0.486 e. The van der Waals surface area contributed by atoms with E-state index < -0.39 is 5.97 Å². The summed E-state index contributed by atoms with van der Waals surface area (Å²) in [5.41, 5.74) is 5.90. The molecular weight excluding hydrogens is 502 g/mol. The van der Waals surface area contributed by atoms with Gasteiger partial charge in [0.2, 0.25) is 0 Å². The summed E-state index contributed by atoms with van der Waals surface area (Å²) in [5.74, 6) is 1.63. The number of aryl methyl sites for hydroxylation is 1. The molecule has 40 heavy (non-hydrogen) atoms. The molecule has 5 rings (SSSR count). The molecule has 1 atom stereocenters. The zero-order chi connectivity index (χ0) is 27.9. The molecule has 0 fully saturated rings. The van der Waals surface area contributed by atoms with Crippen molar-refractivity contribution in [2.24, 2.45) is 0 Å². The number of imidazole rings is 1. The second kappa shape index (κ2) is 12.8. The van der Waals surface area contributed by atoms with Gasteiger partial charge >= 0.3 is 5.97 Å². The molecule has 0 radical (unpaired) electrons. The number of hydrogen-bond acceptors (Lipinski definition) is 5. The number of carbonyl (C=O) groups is 1. The minimum atomic E-state index is -0.921. The van der Waals surface area contributed by atoms with Gasteiger partial charge in [0.15, 0.2) is 11.5 Å². The van der Waals surface area contributed by atoms with Crippen LogP contribution in [0.25, 0.3) is 11.4 Å². The molecule has 208 valence electrons. The van der Waals surface area contributed by atoms with E-state index >= 15 is 0 Å². The Morgan fingerprint density at radius 3 is 2.45 bits per heavy atom. The molecule has 4 aromatic rings. The number of benzene rings is 3. The van der Waals surface area contributed by atoms with Crippen molar-refractivity contribution in [1.82, 2.24) is 14.9 Å². The maximum Gasteiger partial charge on any atom is 0.335 e. The molecule has 1 aliphatic rings. The van der Waals surface area contributed by atoms with Gasteiger partial charge in [-0.3, -0.25) is 0 Å². The average Bonchev–Trinajstić information content (AvgIpc) is 3.35. The molecule has 0 saturated carbocycles. The summed E-state index contributed by atoms with van der Waals surface area (Å²) >= 11 is 0. The minimum Gasteiger partial charge on any atom is -0.486 e. The number of unbranched alkanes of at least 4 members (excludes halogenated alkanes) is 1. The van der Waals surface area contributed by atoms with Crippen molar-refractivity contribution in [2.75, 3.05) is 13.2 Å². The Hall–Kier alpha value is -4.10. The summed E-state index contributed by atoms with van der Waals surface area (Å²) in [7, 11) is 0. The molecule has 1 aliphatic heterocycles. The van der Waals surface area contributed by atoms with E-state index in [0.29, 0.717) is 19.8 Å². The number of fused-ring (bicyclic) bond motifs is 1. The number of ether oxygens (including phenoxy) is 2. The average molecular weight is 540 g/mol. The van der Waals surface area contributed by atoms with E-state index in [1.807, 2.05) is 24.3 Å². The van der Waals surface area contributed by atoms with Crippen molar-refractivity contribution in [2.45, 2.75) is 58.7 Å². The van der Waals surface area contributed by atoms with Crippen molar-refractivity contribution in [3.05, 3.63) is 101 Å². The maximum atomic E-state index is 11.3. The fourth-order valence-corrected chi connectivity index (χ4v) is 5.20. The van der Waals surface area contributed by atoms with Crippen LogP contribution in [0.1, 0.15) is 65.6 Å². The van der Waals surface area contributed by atoms with Crippen molar-refractivity contribution in [1.29, 1.82) is 0 Å². The van der Waals surface area contributed by atoms with E-state index in [9.17, 15) is 9.90 Å². The second-order valence-corrected chi connectivity index (χ2v) is 10.1. The van der Waals surface area contributed by atoms with E-state index in [0.717, 1.165) is 71.9 Å². The number of hydrogen-bond donors (Lipinski definition) is 2. The number of carboxylic acids is 1. The van der Waals surface area contributed by atoms with Gasteiger partial charge in [0, 0.05) is 36.8 Å². The first-order valence-corrected chi connectivity index (χ1v) is 14.2. The van der Waals surface area contributed by atoms with E-state index in [-0.39, 0.29) is 11.6 Å². The van der Waals surface area contributed by atoms with Gasteiger partial charge in [0.1, 0.15) is 19.0 Å². The molecule has 2 heterocycles. The lowest BCUT2D eigenvalue weighted by atomic mass is 9.99. The highest BCUT2D eigenvalue weighted by Gasteiger charge is 2.23. The Bertz CT molecular complexity index is 1430.